The summed E-state index contributed by atoms with van der Waals surface area (Å²) in [7, 11) is 0. The molecule has 6 nitrogen and oxygen atoms in total. The quantitative estimate of drug-likeness (QED) is 0.873. The minimum atomic E-state index is 0.128. The zero-order valence-electron chi connectivity index (χ0n) is 12.6. The molecule has 1 heterocycles. The summed E-state index contributed by atoms with van der Waals surface area (Å²) in [6.07, 6.45) is 11.7. The smallest absolute Gasteiger partial charge is 0.220 e. The van der Waals surface area contributed by atoms with Crippen LogP contribution >= 0.6 is 0 Å². The molecular weight excluding hydrogens is 266 g/mol. The number of rotatable bonds is 6. The fourth-order valence-corrected chi connectivity index (χ4v) is 3.66. The van der Waals surface area contributed by atoms with E-state index < -0.39 is 0 Å². The lowest BCUT2D eigenvalue weighted by atomic mass is 10.0. The first-order chi connectivity index (χ1) is 10.3. The molecule has 0 atom stereocenters. The highest BCUT2D eigenvalue weighted by Crippen LogP contribution is 2.29. The van der Waals surface area contributed by atoms with E-state index in [4.69, 9.17) is 0 Å². The maximum Gasteiger partial charge on any atom is 0.220 e. The Morgan fingerprint density at radius 2 is 1.86 bits per heavy atom. The zero-order valence-corrected chi connectivity index (χ0v) is 12.6. The van der Waals surface area contributed by atoms with Crippen LogP contribution in [0.2, 0.25) is 0 Å². The number of tetrazole rings is 1. The largest absolute Gasteiger partial charge is 0.349 e. The molecule has 2 saturated carbocycles. The molecule has 0 aromatic carbocycles. The van der Waals surface area contributed by atoms with E-state index in [0.717, 1.165) is 31.0 Å². The third-order valence-corrected chi connectivity index (χ3v) is 4.93. The van der Waals surface area contributed by atoms with Crippen molar-refractivity contribution in [2.75, 3.05) is 0 Å². The van der Waals surface area contributed by atoms with E-state index in [1.165, 1.54) is 38.5 Å². The standard InChI is InChI=1S/C15H25N5O/c21-15(10-9-12-5-1-2-6-12)16-11-14-17-18-19-20(14)13-7-3-4-8-13/h12-13H,1-11H2,(H,16,21). The van der Waals surface area contributed by atoms with Crippen LogP contribution in [0.1, 0.15) is 76.1 Å². The molecule has 2 aliphatic rings. The van der Waals surface area contributed by atoms with Gasteiger partial charge >= 0.3 is 0 Å². The third-order valence-electron chi connectivity index (χ3n) is 4.93. The van der Waals surface area contributed by atoms with E-state index in [0.29, 0.717) is 19.0 Å². The normalized spacial score (nSPS) is 20.2. The maximum absolute atomic E-state index is 11.9. The van der Waals surface area contributed by atoms with E-state index >= 15 is 0 Å². The van der Waals surface area contributed by atoms with Crippen molar-refractivity contribution in [2.24, 2.45) is 5.92 Å². The van der Waals surface area contributed by atoms with Gasteiger partial charge in [0.25, 0.3) is 0 Å². The molecule has 0 aliphatic heterocycles. The highest BCUT2D eigenvalue weighted by molar-refractivity contribution is 5.75. The Kier molecular flexibility index (Phi) is 4.83. The highest BCUT2D eigenvalue weighted by Gasteiger charge is 2.21. The summed E-state index contributed by atoms with van der Waals surface area (Å²) in [6.45, 7) is 0.451. The number of carbonyl (C=O) groups excluding carboxylic acids is 1. The lowest BCUT2D eigenvalue weighted by Gasteiger charge is -2.12. The minimum absolute atomic E-state index is 0.128. The Bertz CT molecular complexity index is 460. The van der Waals surface area contributed by atoms with Gasteiger partial charge in [-0.05, 0) is 35.6 Å². The van der Waals surface area contributed by atoms with Crippen LogP contribution in [0.15, 0.2) is 0 Å². The Labute approximate surface area is 125 Å². The molecule has 0 bridgehead atoms. The molecule has 3 rings (SSSR count). The number of nitrogens with one attached hydrogen (secondary N) is 1. The van der Waals surface area contributed by atoms with Crippen molar-refractivity contribution in [3.8, 4) is 0 Å². The lowest BCUT2D eigenvalue weighted by Crippen LogP contribution is -2.25. The molecule has 0 spiro atoms. The predicted molar refractivity (Wildman–Crippen MR) is 78.4 cm³/mol. The first-order valence-corrected chi connectivity index (χ1v) is 8.36. The molecule has 0 unspecified atom stereocenters. The van der Waals surface area contributed by atoms with Gasteiger partial charge in [0.1, 0.15) is 0 Å². The van der Waals surface area contributed by atoms with Crippen LogP contribution in [-0.4, -0.2) is 26.1 Å². The predicted octanol–water partition coefficient (Wildman–Crippen LogP) is 2.37. The summed E-state index contributed by atoms with van der Waals surface area (Å²) < 4.78 is 1.91. The van der Waals surface area contributed by atoms with Gasteiger partial charge in [0.2, 0.25) is 5.91 Å². The van der Waals surface area contributed by atoms with Gasteiger partial charge in [0, 0.05) is 6.42 Å². The van der Waals surface area contributed by atoms with Gasteiger partial charge in [0.05, 0.1) is 12.6 Å². The molecule has 2 aliphatic carbocycles. The molecule has 2 fully saturated rings. The topological polar surface area (TPSA) is 72.7 Å². The Morgan fingerprint density at radius 3 is 2.62 bits per heavy atom. The van der Waals surface area contributed by atoms with Gasteiger partial charge < -0.3 is 5.32 Å². The molecule has 1 N–H and O–H groups in total. The van der Waals surface area contributed by atoms with Crippen molar-refractivity contribution in [1.29, 1.82) is 0 Å². The lowest BCUT2D eigenvalue weighted by molar-refractivity contribution is -0.121. The van der Waals surface area contributed by atoms with Crippen molar-refractivity contribution < 1.29 is 4.79 Å². The maximum atomic E-state index is 11.9. The molecule has 116 valence electrons. The molecule has 1 amide bonds. The van der Waals surface area contributed by atoms with Crippen LogP contribution in [0, 0.1) is 5.92 Å². The number of hydrogen-bond acceptors (Lipinski definition) is 4. The SMILES string of the molecule is O=C(CCC1CCCC1)NCc1nnnn1C1CCCC1. The number of amides is 1. The van der Waals surface area contributed by atoms with Gasteiger partial charge in [-0.3, -0.25) is 4.79 Å². The number of carbonyl (C=O) groups is 1. The second-order valence-electron chi connectivity index (χ2n) is 6.44. The molecular formula is C15H25N5O. The van der Waals surface area contributed by atoms with Gasteiger partial charge in [-0.25, -0.2) is 4.68 Å². The molecule has 6 heteroatoms. The summed E-state index contributed by atoms with van der Waals surface area (Å²) in [5.41, 5.74) is 0. The summed E-state index contributed by atoms with van der Waals surface area (Å²) in [6, 6.07) is 0.422. The second kappa shape index (κ2) is 7.00. The van der Waals surface area contributed by atoms with E-state index in [2.05, 4.69) is 20.8 Å². The van der Waals surface area contributed by atoms with Crippen molar-refractivity contribution in [1.82, 2.24) is 25.5 Å². The monoisotopic (exact) mass is 291 g/mol. The average Bonchev–Trinajstić information content (AvgIpc) is 3.24. The van der Waals surface area contributed by atoms with E-state index in [9.17, 15) is 4.79 Å². The van der Waals surface area contributed by atoms with Crippen LogP contribution in [0.3, 0.4) is 0 Å². The molecule has 1 aromatic rings. The molecule has 21 heavy (non-hydrogen) atoms. The van der Waals surface area contributed by atoms with Gasteiger partial charge in [-0.15, -0.1) is 5.10 Å². The van der Waals surface area contributed by atoms with Crippen LogP contribution < -0.4 is 5.32 Å². The number of hydrogen-bond donors (Lipinski definition) is 1. The second-order valence-corrected chi connectivity index (χ2v) is 6.44. The summed E-state index contributed by atoms with van der Waals surface area (Å²) >= 11 is 0. The Morgan fingerprint density at radius 1 is 1.14 bits per heavy atom. The molecule has 0 radical (unpaired) electrons. The third kappa shape index (κ3) is 3.80. The van der Waals surface area contributed by atoms with Crippen molar-refractivity contribution in [2.45, 2.75) is 76.8 Å². The van der Waals surface area contributed by atoms with Crippen LogP contribution in [0.5, 0.6) is 0 Å². The van der Waals surface area contributed by atoms with Gasteiger partial charge in [-0.1, -0.05) is 38.5 Å². The average molecular weight is 291 g/mol. The van der Waals surface area contributed by atoms with E-state index in [1.807, 2.05) is 4.68 Å². The van der Waals surface area contributed by atoms with Crippen LogP contribution in [0.25, 0.3) is 0 Å². The van der Waals surface area contributed by atoms with Gasteiger partial charge in [-0.2, -0.15) is 0 Å². The molecule has 0 saturated heterocycles. The zero-order chi connectivity index (χ0) is 14.5. The van der Waals surface area contributed by atoms with Crippen LogP contribution in [0.4, 0.5) is 0 Å². The van der Waals surface area contributed by atoms with E-state index in [1.54, 1.807) is 0 Å². The molecule has 1 aromatic heterocycles. The van der Waals surface area contributed by atoms with Crippen LogP contribution in [-0.2, 0) is 11.3 Å². The first-order valence-electron chi connectivity index (χ1n) is 8.36. The first kappa shape index (κ1) is 14.5. The number of nitrogens with zero attached hydrogens (tertiary/aromatic N) is 4. The fourth-order valence-electron chi connectivity index (χ4n) is 3.66. The summed E-state index contributed by atoms with van der Waals surface area (Å²) in [5, 5.41) is 14.9. The number of aromatic nitrogens is 4. The minimum Gasteiger partial charge on any atom is -0.349 e. The summed E-state index contributed by atoms with van der Waals surface area (Å²) in [4.78, 5) is 11.9. The van der Waals surface area contributed by atoms with Crippen molar-refractivity contribution in [3.63, 3.8) is 0 Å². The Hall–Kier alpha value is -1.46. The Balaban J connectivity index is 1.44. The van der Waals surface area contributed by atoms with E-state index in [-0.39, 0.29) is 5.91 Å². The van der Waals surface area contributed by atoms with Gasteiger partial charge in [0.15, 0.2) is 5.82 Å². The van der Waals surface area contributed by atoms with Crippen molar-refractivity contribution in [3.05, 3.63) is 5.82 Å². The fraction of sp³-hybridized carbons (Fsp3) is 0.867. The van der Waals surface area contributed by atoms with Crippen molar-refractivity contribution >= 4 is 5.91 Å². The highest BCUT2D eigenvalue weighted by atomic mass is 16.1. The summed E-state index contributed by atoms with van der Waals surface area (Å²) in [5.74, 6) is 1.68.